The number of halogens is 1. The minimum Gasteiger partial charge on any atom is -0.192 e. The third-order valence-electron chi connectivity index (χ3n) is 3.65. The molecule has 0 amide bonds. The second kappa shape index (κ2) is 6.61. The van der Waals surface area contributed by atoms with E-state index >= 15 is 0 Å². The van der Waals surface area contributed by atoms with E-state index in [-0.39, 0.29) is 0 Å². The molecule has 1 aromatic carbocycles. The van der Waals surface area contributed by atoms with Crippen molar-refractivity contribution in [2.45, 2.75) is 32.1 Å². The molecule has 2 rings (SSSR count). The van der Waals surface area contributed by atoms with Gasteiger partial charge in [0.2, 0.25) is 0 Å². The van der Waals surface area contributed by atoms with Gasteiger partial charge in [0.1, 0.15) is 0 Å². The Morgan fingerprint density at radius 2 is 2.11 bits per heavy atom. The van der Waals surface area contributed by atoms with Crippen LogP contribution in [0.1, 0.15) is 43.2 Å². The molecule has 0 aromatic heterocycles. The first-order valence-corrected chi connectivity index (χ1v) is 7.13. The number of nitriles is 1. The molecule has 1 aromatic rings. The molecule has 0 spiro atoms. The van der Waals surface area contributed by atoms with Crippen LogP contribution in [0.4, 0.5) is 0 Å². The number of alkyl halides is 1. The van der Waals surface area contributed by atoms with Gasteiger partial charge in [0.05, 0.1) is 11.6 Å². The van der Waals surface area contributed by atoms with Crippen molar-refractivity contribution in [2.24, 2.45) is 5.92 Å². The molecule has 0 bridgehead atoms. The quantitative estimate of drug-likeness (QED) is 0.718. The van der Waals surface area contributed by atoms with E-state index in [2.05, 4.69) is 12.1 Å². The highest BCUT2D eigenvalue weighted by molar-refractivity contribution is 6.19. The molecule has 94 valence electrons. The Bertz CT molecular complexity index is 464. The summed E-state index contributed by atoms with van der Waals surface area (Å²) >= 11 is 6.09. The summed E-state index contributed by atoms with van der Waals surface area (Å²) in [6, 6.07) is 9.90. The normalized spacial score (nSPS) is 17.4. The molecule has 1 saturated carbocycles. The highest BCUT2D eigenvalue weighted by Crippen LogP contribution is 2.31. The summed E-state index contributed by atoms with van der Waals surface area (Å²) in [4.78, 5) is 0. The molecule has 0 radical (unpaired) electrons. The minimum absolute atomic E-state index is 0.599. The monoisotopic (exact) mass is 259 g/mol. The van der Waals surface area contributed by atoms with Crippen molar-refractivity contribution in [3.05, 3.63) is 41.0 Å². The Labute approximate surface area is 114 Å². The fraction of sp³-hybridized carbons (Fsp3) is 0.438. The van der Waals surface area contributed by atoms with Gasteiger partial charge < -0.3 is 0 Å². The van der Waals surface area contributed by atoms with E-state index in [0.717, 1.165) is 5.56 Å². The fourth-order valence-corrected chi connectivity index (χ4v) is 2.95. The average molecular weight is 260 g/mol. The van der Waals surface area contributed by atoms with Gasteiger partial charge in [0, 0.05) is 5.88 Å². The number of allylic oxidation sites excluding steroid dienone is 1. The first kappa shape index (κ1) is 13.2. The topological polar surface area (TPSA) is 23.8 Å². The third-order valence-corrected chi connectivity index (χ3v) is 3.96. The minimum atomic E-state index is 0.599. The molecule has 0 heterocycles. The molecule has 0 aliphatic heterocycles. The molecule has 18 heavy (non-hydrogen) atoms. The molecule has 0 N–H and O–H groups in total. The summed E-state index contributed by atoms with van der Waals surface area (Å²) in [6.45, 7) is 0. The zero-order valence-corrected chi connectivity index (χ0v) is 11.3. The molecule has 1 fully saturated rings. The summed E-state index contributed by atoms with van der Waals surface area (Å²) in [5, 5.41) is 8.91. The highest BCUT2D eigenvalue weighted by atomic mass is 35.5. The van der Waals surface area contributed by atoms with Crippen LogP contribution in [0, 0.1) is 17.2 Å². The maximum absolute atomic E-state index is 8.91. The Balaban J connectivity index is 2.19. The lowest BCUT2D eigenvalue weighted by molar-refractivity contribution is 0.405. The number of nitrogens with zero attached hydrogens (tertiary/aromatic N) is 1. The van der Waals surface area contributed by atoms with Gasteiger partial charge in [-0.1, -0.05) is 43.0 Å². The smallest absolute Gasteiger partial charge is 0.0991 e. The van der Waals surface area contributed by atoms with Crippen molar-refractivity contribution >= 4 is 17.7 Å². The van der Waals surface area contributed by atoms with E-state index in [9.17, 15) is 0 Å². The van der Waals surface area contributed by atoms with E-state index in [1.54, 1.807) is 0 Å². The molecule has 0 saturated heterocycles. The second-order valence-electron chi connectivity index (χ2n) is 4.93. The van der Waals surface area contributed by atoms with Crippen molar-refractivity contribution in [1.29, 1.82) is 5.26 Å². The fourth-order valence-electron chi connectivity index (χ4n) is 2.65. The molecule has 0 unspecified atom stereocenters. The molecule has 1 nitrogen and oxygen atoms in total. The van der Waals surface area contributed by atoms with Crippen LogP contribution in [0.2, 0.25) is 0 Å². The molecule has 2 heteroatoms. The Morgan fingerprint density at radius 1 is 1.33 bits per heavy atom. The molecule has 0 atom stereocenters. The standard InChI is InChI=1S/C16H18ClN/c17-11-16(15-7-2-1-3-8-15)10-13-5-4-6-14(9-13)12-18/h4-6,9-10,15H,1-3,7-8,11H2. The summed E-state index contributed by atoms with van der Waals surface area (Å²) in [5.74, 6) is 1.24. The van der Waals surface area contributed by atoms with Gasteiger partial charge in [-0.25, -0.2) is 0 Å². The van der Waals surface area contributed by atoms with Crippen molar-refractivity contribution in [3.8, 4) is 6.07 Å². The van der Waals surface area contributed by atoms with Gasteiger partial charge in [-0.05, 0) is 36.5 Å². The first-order chi connectivity index (χ1) is 8.83. The first-order valence-electron chi connectivity index (χ1n) is 6.60. The van der Waals surface area contributed by atoms with Crippen LogP contribution in [0.15, 0.2) is 29.8 Å². The Hall–Kier alpha value is -1.26. The van der Waals surface area contributed by atoms with E-state index in [1.165, 1.54) is 37.7 Å². The zero-order chi connectivity index (χ0) is 12.8. The third kappa shape index (κ3) is 3.37. The van der Waals surface area contributed by atoms with Crippen LogP contribution in [0.5, 0.6) is 0 Å². The van der Waals surface area contributed by atoms with E-state index in [0.29, 0.717) is 17.4 Å². The van der Waals surface area contributed by atoms with Gasteiger partial charge in [-0.2, -0.15) is 5.26 Å². The van der Waals surface area contributed by atoms with E-state index in [1.807, 2.05) is 24.3 Å². The van der Waals surface area contributed by atoms with Crippen LogP contribution >= 0.6 is 11.6 Å². The number of hydrogen-bond donors (Lipinski definition) is 0. The largest absolute Gasteiger partial charge is 0.192 e. The Kier molecular flexibility index (Phi) is 4.84. The van der Waals surface area contributed by atoms with Gasteiger partial charge in [0.15, 0.2) is 0 Å². The average Bonchev–Trinajstić information content (AvgIpc) is 2.46. The maximum Gasteiger partial charge on any atom is 0.0991 e. The molecule has 1 aliphatic rings. The molecular weight excluding hydrogens is 242 g/mol. The highest BCUT2D eigenvalue weighted by Gasteiger charge is 2.17. The molecule has 1 aliphatic carbocycles. The van der Waals surface area contributed by atoms with Gasteiger partial charge in [0.25, 0.3) is 0 Å². The van der Waals surface area contributed by atoms with Gasteiger partial charge >= 0.3 is 0 Å². The SMILES string of the molecule is N#Cc1cccc(C=C(CCl)C2CCCCC2)c1. The van der Waals surface area contributed by atoms with Crippen LogP contribution in [-0.2, 0) is 0 Å². The molecular formula is C16H18ClN. The van der Waals surface area contributed by atoms with Crippen LogP contribution in [-0.4, -0.2) is 5.88 Å². The van der Waals surface area contributed by atoms with Crippen LogP contribution in [0.3, 0.4) is 0 Å². The summed E-state index contributed by atoms with van der Waals surface area (Å²) < 4.78 is 0. The van der Waals surface area contributed by atoms with Gasteiger partial charge in [-0.15, -0.1) is 11.6 Å². The predicted molar refractivity (Wildman–Crippen MR) is 76.4 cm³/mol. The van der Waals surface area contributed by atoms with E-state index in [4.69, 9.17) is 16.9 Å². The van der Waals surface area contributed by atoms with Crippen molar-refractivity contribution in [3.63, 3.8) is 0 Å². The van der Waals surface area contributed by atoms with Crippen molar-refractivity contribution < 1.29 is 0 Å². The maximum atomic E-state index is 8.91. The van der Waals surface area contributed by atoms with E-state index < -0.39 is 0 Å². The van der Waals surface area contributed by atoms with Crippen LogP contribution < -0.4 is 0 Å². The summed E-state index contributed by atoms with van der Waals surface area (Å²) in [7, 11) is 0. The number of hydrogen-bond acceptors (Lipinski definition) is 1. The predicted octanol–water partition coefficient (Wildman–Crippen LogP) is 4.76. The number of rotatable bonds is 3. The zero-order valence-electron chi connectivity index (χ0n) is 10.5. The lowest BCUT2D eigenvalue weighted by Crippen LogP contribution is -2.10. The number of benzene rings is 1. The summed E-state index contributed by atoms with van der Waals surface area (Å²) in [5.41, 5.74) is 3.13. The lowest BCUT2D eigenvalue weighted by Gasteiger charge is -2.23. The van der Waals surface area contributed by atoms with Crippen molar-refractivity contribution in [2.75, 3.05) is 5.88 Å². The van der Waals surface area contributed by atoms with Crippen molar-refractivity contribution in [1.82, 2.24) is 0 Å². The second-order valence-corrected chi connectivity index (χ2v) is 5.19. The van der Waals surface area contributed by atoms with Crippen LogP contribution in [0.25, 0.3) is 6.08 Å². The van der Waals surface area contributed by atoms with Gasteiger partial charge in [-0.3, -0.25) is 0 Å². The Morgan fingerprint density at radius 3 is 2.78 bits per heavy atom. The lowest BCUT2D eigenvalue weighted by atomic mass is 9.83. The summed E-state index contributed by atoms with van der Waals surface area (Å²) in [6.07, 6.45) is 8.68.